The Morgan fingerprint density at radius 2 is 1.73 bits per heavy atom. The number of nitrogens with one attached hydrogen (secondary N) is 3. The monoisotopic (exact) mass is 460 g/mol. The highest BCUT2D eigenvalue weighted by atomic mass is 35.5. The largest absolute Gasteiger partial charge is 0.431 e. The van der Waals surface area contributed by atoms with Crippen molar-refractivity contribution in [2.24, 2.45) is 0 Å². The zero-order valence-corrected chi connectivity index (χ0v) is 17.3. The van der Waals surface area contributed by atoms with Crippen LogP contribution in [0, 0.1) is 0 Å². The third kappa shape index (κ3) is 4.61. The molecule has 2 aromatic heterocycles. The molecule has 1 aliphatic rings. The minimum absolute atomic E-state index is 0. The van der Waals surface area contributed by atoms with Crippen LogP contribution in [0.1, 0.15) is 18.5 Å². The van der Waals surface area contributed by atoms with Crippen LogP contribution in [0.2, 0.25) is 0 Å². The number of rotatable bonds is 4. The Morgan fingerprint density at radius 1 is 1.07 bits per heavy atom. The van der Waals surface area contributed by atoms with Crippen LogP contribution in [-0.2, 0) is 16.2 Å². The first kappa shape index (κ1) is 22.5. The lowest BCUT2D eigenvalue weighted by Crippen LogP contribution is -2.42. The molecule has 0 saturated carbocycles. The molecule has 162 valence electrons. The zero-order chi connectivity index (χ0) is 20.6. The number of H-pyrrole nitrogens is 1. The molecule has 1 aliphatic heterocycles. The van der Waals surface area contributed by atoms with Crippen LogP contribution in [-0.4, -0.2) is 37.5 Å². The van der Waals surface area contributed by atoms with Gasteiger partial charge in [-0.05, 0) is 61.3 Å². The van der Waals surface area contributed by atoms with Gasteiger partial charge in [0.05, 0.1) is 4.90 Å². The molecular formula is C19H20ClF3N4O2S. The van der Waals surface area contributed by atoms with E-state index in [-0.39, 0.29) is 29.0 Å². The quantitative estimate of drug-likeness (QED) is 0.554. The molecule has 0 aliphatic carbocycles. The van der Waals surface area contributed by atoms with Crippen LogP contribution >= 0.6 is 12.4 Å². The number of hydrogen-bond acceptors (Lipinski definition) is 4. The summed E-state index contributed by atoms with van der Waals surface area (Å²) in [6.45, 7) is 1.53. The molecule has 0 spiro atoms. The lowest BCUT2D eigenvalue weighted by Gasteiger charge is -2.23. The van der Waals surface area contributed by atoms with E-state index in [0.717, 1.165) is 32.0 Å². The summed E-state index contributed by atoms with van der Waals surface area (Å²) in [6, 6.07) is 8.61. The summed E-state index contributed by atoms with van der Waals surface area (Å²) >= 11 is 0. The van der Waals surface area contributed by atoms with Gasteiger partial charge in [0, 0.05) is 17.6 Å². The molecular weight excluding hydrogens is 441 g/mol. The van der Waals surface area contributed by atoms with Gasteiger partial charge in [-0.25, -0.2) is 18.1 Å². The van der Waals surface area contributed by atoms with E-state index in [9.17, 15) is 21.6 Å². The third-order valence-corrected chi connectivity index (χ3v) is 6.51. The normalized spacial score (nSPS) is 15.8. The lowest BCUT2D eigenvalue weighted by atomic mass is 10.0. The van der Waals surface area contributed by atoms with E-state index in [1.807, 2.05) is 0 Å². The molecule has 0 radical (unpaired) electrons. The Morgan fingerprint density at radius 3 is 2.37 bits per heavy atom. The van der Waals surface area contributed by atoms with Crippen molar-refractivity contribution in [2.75, 3.05) is 13.1 Å². The van der Waals surface area contributed by atoms with Gasteiger partial charge in [-0.3, -0.25) is 0 Å². The van der Waals surface area contributed by atoms with Crippen LogP contribution in [0.15, 0.2) is 47.5 Å². The van der Waals surface area contributed by atoms with E-state index in [2.05, 4.69) is 20.0 Å². The van der Waals surface area contributed by atoms with Gasteiger partial charge in [0.15, 0.2) is 0 Å². The molecule has 11 heteroatoms. The molecule has 3 heterocycles. The average molecular weight is 461 g/mol. The van der Waals surface area contributed by atoms with Gasteiger partial charge in [0.25, 0.3) is 0 Å². The smallest absolute Gasteiger partial charge is 0.336 e. The van der Waals surface area contributed by atoms with Gasteiger partial charge in [-0.1, -0.05) is 12.1 Å². The molecule has 1 saturated heterocycles. The Hall–Kier alpha value is -2.14. The molecule has 6 nitrogen and oxygen atoms in total. The topological polar surface area (TPSA) is 86.9 Å². The van der Waals surface area contributed by atoms with Gasteiger partial charge < -0.3 is 10.3 Å². The molecule has 3 aromatic rings. The summed E-state index contributed by atoms with van der Waals surface area (Å²) in [7, 11) is -3.66. The van der Waals surface area contributed by atoms with Crippen molar-refractivity contribution in [2.45, 2.75) is 30.0 Å². The Balaban J connectivity index is 0.00000256. The second kappa shape index (κ2) is 8.54. The summed E-state index contributed by atoms with van der Waals surface area (Å²) in [4.78, 5) is 6.36. The zero-order valence-electron chi connectivity index (χ0n) is 15.7. The van der Waals surface area contributed by atoms with E-state index in [1.54, 1.807) is 18.2 Å². The SMILES string of the molecule is Cl.O=S(=O)(NC1CCNCC1)c1ccc(-c2ccnc3[nH]c(C(F)(F)F)cc23)cc1. The maximum absolute atomic E-state index is 13.0. The number of fused-ring (bicyclic) bond motifs is 1. The summed E-state index contributed by atoms with van der Waals surface area (Å²) in [5.41, 5.74) is 0.389. The second-order valence-corrected chi connectivity index (χ2v) is 8.69. The molecule has 1 aromatic carbocycles. The Bertz CT molecular complexity index is 1120. The van der Waals surface area contributed by atoms with Crippen molar-refractivity contribution in [1.29, 1.82) is 0 Å². The predicted octanol–water partition coefficient (Wildman–Crippen LogP) is 3.70. The Kier molecular flexibility index (Phi) is 6.42. The molecule has 30 heavy (non-hydrogen) atoms. The average Bonchev–Trinajstić information content (AvgIpc) is 3.13. The van der Waals surface area contributed by atoms with E-state index in [4.69, 9.17) is 0 Å². The number of pyridine rings is 1. The first-order valence-corrected chi connectivity index (χ1v) is 10.6. The molecule has 1 fully saturated rings. The van der Waals surface area contributed by atoms with Crippen LogP contribution < -0.4 is 10.0 Å². The van der Waals surface area contributed by atoms with Gasteiger partial charge in [0.1, 0.15) is 11.3 Å². The number of alkyl halides is 3. The predicted molar refractivity (Wildman–Crippen MR) is 110 cm³/mol. The summed E-state index contributed by atoms with van der Waals surface area (Å²) in [5, 5.41) is 3.50. The van der Waals surface area contributed by atoms with Crippen LogP contribution in [0.5, 0.6) is 0 Å². The molecule has 0 bridgehead atoms. The number of halogens is 4. The van der Waals surface area contributed by atoms with Gasteiger partial charge in [-0.2, -0.15) is 13.2 Å². The maximum Gasteiger partial charge on any atom is 0.431 e. The fraction of sp³-hybridized carbons (Fsp3) is 0.316. The van der Waals surface area contributed by atoms with E-state index in [1.165, 1.54) is 18.3 Å². The third-order valence-electron chi connectivity index (χ3n) is 4.97. The van der Waals surface area contributed by atoms with E-state index in [0.29, 0.717) is 16.5 Å². The van der Waals surface area contributed by atoms with Crippen molar-refractivity contribution < 1.29 is 21.6 Å². The molecule has 0 atom stereocenters. The summed E-state index contributed by atoms with van der Waals surface area (Å²) in [5.74, 6) is 0. The number of nitrogens with zero attached hydrogens (tertiary/aromatic N) is 1. The summed E-state index contributed by atoms with van der Waals surface area (Å²) < 4.78 is 66.9. The summed E-state index contributed by atoms with van der Waals surface area (Å²) in [6.07, 6.45) is -1.64. The van der Waals surface area contributed by atoms with Gasteiger partial charge in [0.2, 0.25) is 10.0 Å². The Labute approximate surface area is 177 Å². The highest BCUT2D eigenvalue weighted by Crippen LogP contribution is 2.34. The molecule has 0 amide bonds. The minimum Gasteiger partial charge on any atom is -0.336 e. The van der Waals surface area contributed by atoms with E-state index < -0.39 is 21.9 Å². The lowest BCUT2D eigenvalue weighted by molar-refractivity contribution is -0.140. The standard InChI is InChI=1S/C19H19F3N4O2S.ClH/c20-19(21,22)17-11-16-15(7-10-24-18(16)25-17)12-1-3-14(4-2-12)29(27,28)26-13-5-8-23-9-6-13;/h1-4,7,10-11,13,23,26H,5-6,8-9H2,(H,24,25);1H. The molecule has 0 unspecified atom stereocenters. The fourth-order valence-corrected chi connectivity index (χ4v) is 4.78. The van der Waals surface area contributed by atoms with Crippen molar-refractivity contribution in [3.8, 4) is 11.1 Å². The van der Waals surface area contributed by atoms with E-state index >= 15 is 0 Å². The van der Waals surface area contributed by atoms with Crippen molar-refractivity contribution in [1.82, 2.24) is 20.0 Å². The molecule has 4 rings (SSSR count). The number of benzene rings is 1. The van der Waals surface area contributed by atoms with Gasteiger partial charge in [-0.15, -0.1) is 12.4 Å². The fourth-order valence-electron chi connectivity index (χ4n) is 3.47. The number of aromatic nitrogens is 2. The minimum atomic E-state index is -4.50. The first-order valence-electron chi connectivity index (χ1n) is 9.12. The number of sulfonamides is 1. The number of hydrogen-bond donors (Lipinski definition) is 3. The maximum atomic E-state index is 13.0. The molecule has 3 N–H and O–H groups in total. The van der Waals surface area contributed by atoms with Crippen LogP contribution in [0.4, 0.5) is 13.2 Å². The van der Waals surface area contributed by atoms with Crippen LogP contribution in [0.25, 0.3) is 22.2 Å². The number of piperidine rings is 1. The van der Waals surface area contributed by atoms with Crippen molar-refractivity contribution in [3.05, 3.63) is 48.3 Å². The van der Waals surface area contributed by atoms with Crippen LogP contribution in [0.3, 0.4) is 0 Å². The highest BCUT2D eigenvalue weighted by molar-refractivity contribution is 7.89. The highest BCUT2D eigenvalue weighted by Gasteiger charge is 2.33. The first-order chi connectivity index (χ1) is 13.7. The van der Waals surface area contributed by atoms with Gasteiger partial charge >= 0.3 is 6.18 Å². The number of aromatic amines is 1. The van der Waals surface area contributed by atoms with Crippen molar-refractivity contribution >= 4 is 33.5 Å². The van der Waals surface area contributed by atoms with Crippen molar-refractivity contribution in [3.63, 3.8) is 0 Å². The second-order valence-electron chi connectivity index (χ2n) is 6.97.